The average Bonchev–Trinajstić information content (AvgIpc) is 2.69. The minimum atomic E-state index is -3.77. The van der Waals surface area contributed by atoms with Gasteiger partial charge in [0.1, 0.15) is 5.75 Å². The van der Waals surface area contributed by atoms with E-state index in [4.69, 9.17) is 4.74 Å². The Kier molecular flexibility index (Phi) is 5.81. The zero-order valence-electron chi connectivity index (χ0n) is 15.0. The van der Waals surface area contributed by atoms with Crippen LogP contribution in [0.15, 0.2) is 83.8 Å². The summed E-state index contributed by atoms with van der Waals surface area (Å²) in [6.45, 7) is 0. The average molecular weight is 397 g/mol. The normalized spacial score (nSPS) is 10.8. The molecule has 0 aliphatic carbocycles. The summed E-state index contributed by atoms with van der Waals surface area (Å²) < 4.78 is 32.6. The summed E-state index contributed by atoms with van der Waals surface area (Å²) >= 11 is 0. The number of rotatable bonds is 6. The maximum Gasteiger partial charge on any atom is 0.323 e. The summed E-state index contributed by atoms with van der Waals surface area (Å²) in [6.07, 6.45) is 0. The van der Waals surface area contributed by atoms with Crippen molar-refractivity contribution in [3.63, 3.8) is 0 Å². The maximum absolute atomic E-state index is 12.5. The predicted molar refractivity (Wildman–Crippen MR) is 109 cm³/mol. The van der Waals surface area contributed by atoms with E-state index < -0.39 is 16.1 Å². The molecule has 0 spiro atoms. The Morgan fingerprint density at radius 3 is 2.11 bits per heavy atom. The summed E-state index contributed by atoms with van der Waals surface area (Å²) in [5.74, 6) is 0.676. The number of hydrogen-bond donors (Lipinski definition) is 3. The maximum atomic E-state index is 12.5. The number of amides is 2. The molecule has 7 nitrogen and oxygen atoms in total. The smallest absolute Gasteiger partial charge is 0.323 e. The van der Waals surface area contributed by atoms with Crippen LogP contribution in [0.25, 0.3) is 0 Å². The first-order valence-electron chi connectivity index (χ1n) is 8.36. The highest BCUT2D eigenvalue weighted by molar-refractivity contribution is 7.92. The van der Waals surface area contributed by atoms with Crippen molar-refractivity contribution >= 4 is 33.1 Å². The fraction of sp³-hybridized carbons (Fsp3) is 0.0500. The van der Waals surface area contributed by atoms with Gasteiger partial charge in [0.2, 0.25) is 0 Å². The van der Waals surface area contributed by atoms with Gasteiger partial charge in [-0.3, -0.25) is 4.72 Å². The number of anilines is 3. The highest BCUT2D eigenvalue weighted by Gasteiger charge is 2.15. The number of nitrogens with one attached hydrogen (secondary N) is 3. The molecule has 0 unspecified atom stereocenters. The van der Waals surface area contributed by atoms with E-state index in [0.29, 0.717) is 22.8 Å². The first kappa shape index (κ1) is 19.2. The largest absolute Gasteiger partial charge is 0.497 e. The molecule has 0 aliphatic rings. The lowest BCUT2D eigenvalue weighted by Crippen LogP contribution is -2.20. The highest BCUT2D eigenvalue weighted by atomic mass is 32.2. The Labute approximate surface area is 163 Å². The van der Waals surface area contributed by atoms with Crippen molar-refractivity contribution < 1.29 is 17.9 Å². The van der Waals surface area contributed by atoms with Crippen LogP contribution < -0.4 is 20.1 Å². The molecular weight excluding hydrogens is 378 g/mol. The van der Waals surface area contributed by atoms with Crippen LogP contribution in [0.3, 0.4) is 0 Å². The number of para-hydroxylation sites is 1. The molecule has 28 heavy (non-hydrogen) atoms. The zero-order chi connectivity index (χ0) is 20.0. The summed E-state index contributed by atoms with van der Waals surface area (Å²) in [4.78, 5) is 12.2. The van der Waals surface area contributed by atoms with Gasteiger partial charge in [0.15, 0.2) is 0 Å². The molecular formula is C20H19N3O4S. The lowest BCUT2D eigenvalue weighted by Gasteiger charge is -2.11. The van der Waals surface area contributed by atoms with Crippen molar-refractivity contribution in [3.8, 4) is 5.75 Å². The topological polar surface area (TPSA) is 96.5 Å². The lowest BCUT2D eigenvalue weighted by atomic mass is 10.3. The molecule has 3 aromatic rings. The van der Waals surface area contributed by atoms with Crippen molar-refractivity contribution in [2.24, 2.45) is 0 Å². The Morgan fingerprint density at radius 1 is 0.786 bits per heavy atom. The van der Waals surface area contributed by atoms with E-state index in [1.807, 2.05) is 0 Å². The van der Waals surface area contributed by atoms with Gasteiger partial charge in [-0.15, -0.1) is 0 Å². The first-order chi connectivity index (χ1) is 13.5. The van der Waals surface area contributed by atoms with Gasteiger partial charge in [0.05, 0.1) is 12.0 Å². The van der Waals surface area contributed by atoms with Crippen LogP contribution in [0.5, 0.6) is 5.75 Å². The van der Waals surface area contributed by atoms with E-state index in [1.165, 1.54) is 12.1 Å². The van der Waals surface area contributed by atoms with Crippen molar-refractivity contribution in [3.05, 3.63) is 78.9 Å². The van der Waals surface area contributed by atoms with Gasteiger partial charge < -0.3 is 15.4 Å². The molecule has 3 N–H and O–H groups in total. The minimum Gasteiger partial charge on any atom is -0.497 e. The number of carbonyl (C=O) groups is 1. The number of carbonyl (C=O) groups excluding carboxylic acids is 1. The molecule has 8 heteroatoms. The van der Waals surface area contributed by atoms with Gasteiger partial charge in [-0.25, -0.2) is 13.2 Å². The van der Waals surface area contributed by atoms with E-state index in [2.05, 4.69) is 15.4 Å². The SMILES string of the molecule is COc1ccc(NC(=O)Nc2cccc(S(=O)(=O)Nc3ccccc3)c2)cc1. The standard InChI is InChI=1S/C20H19N3O4S/c1-27-18-12-10-15(11-13-18)21-20(24)22-17-8-5-9-19(14-17)28(25,26)23-16-6-3-2-4-7-16/h2-14,23H,1H3,(H2,21,22,24). The van der Waals surface area contributed by atoms with E-state index in [1.54, 1.807) is 73.8 Å². The summed E-state index contributed by atoms with van der Waals surface area (Å²) in [5, 5.41) is 5.29. The fourth-order valence-electron chi connectivity index (χ4n) is 2.43. The predicted octanol–water partition coefficient (Wildman–Crippen LogP) is 4.14. The second-order valence-electron chi connectivity index (χ2n) is 5.81. The molecule has 0 heterocycles. The van der Waals surface area contributed by atoms with Gasteiger partial charge in [-0.2, -0.15) is 0 Å². The van der Waals surface area contributed by atoms with E-state index in [9.17, 15) is 13.2 Å². The lowest BCUT2D eigenvalue weighted by molar-refractivity contribution is 0.262. The van der Waals surface area contributed by atoms with Crippen molar-refractivity contribution in [1.82, 2.24) is 0 Å². The van der Waals surface area contributed by atoms with Gasteiger partial charge in [-0.05, 0) is 54.6 Å². The van der Waals surface area contributed by atoms with Crippen LogP contribution >= 0.6 is 0 Å². The van der Waals surface area contributed by atoms with Crippen LogP contribution in [0.1, 0.15) is 0 Å². The first-order valence-corrected chi connectivity index (χ1v) is 9.84. The van der Waals surface area contributed by atoms with Crippen LogP contribution in [0.4, 0.5) is 21.9 Å². The molecule has 144 valence electrons. The molecule has 0 radical (unpaired) electrons. The molecule has 0 aromatic heterocycles. The minimum absolute atomic E-state index is 0.0404. The second kappa shape index (κ2) is 8.45. The third-order valence-electron chi connectivity index (χ3n) is 3.78. The molecule has 0 bridgehead atoms. The number of methoxy groups -OCH3 is 1. The van der Waals surface area contributed by atoms with E-state index in [-0.39, 0.29) is 4.90 Å². The van der Waals surface area contributed by atoms with Crippen molar-refractivity contribution in [2.75, 3.05) is 22.5 Å². The van der Waals surface area contributed by atoms with Crippen molar-refractivity contribution in [2.45, 2.75) is 4.90 Å². The Balaban J connectivity index is 1.69. The Morgan fingerprint density at radius 2 is 1.43 bits per heavy atom. The van der Waals surface area contributed by atoms with Crippen LogP contribution in [0, 0.1) is 0 Å². The summed E-state index contributed by atoms with van der Waals surface area (Å²) in [6, 6.07) is 20.9. The summed E-state index contributed by atoms with van der Waals surface area (Å²) in [5.41, 5.74) is 1.38. The fourth-order valence-corrected chi connectivity index (χ4v) is 3.53. The van der Waals surface area contributed by atoms with Gasteiger partial charge in [-0.1, -0.05) is 24.3 Å². The Hall–Kier alpha value is -3.52. The number of sulfonamides is 1. The number of urea groups is 1. The molecule has 3 rings (SSSR count). The van der Waals surface area contributed by atoms with Crippen LogP contribution in [0.2, 0.25) is 0 Å². The molecule has 0 atom stereocenters. The third-order valence-corrected chi connectivity index (χ3v) is 5.16. The monoisotopic (exact) mass is 397 g/mol. The number of hydrogen-bond acceptors (Lipinski definition) is 4. The summed E-state index contributed by atoms with van der Waals surface area (Å²) in [7, 11) is -2.22. The van der Waals surface area contributed by atoms with Gasteiger partial charge in [0, 0.05) is 17.1 Å². The third kappa shape index (κ3) is 5.01. The number of ether oxygens (including phenoxy) is 1. The number of benzene rings is 3. The van der Waals surface area contributed by atoms with Gasteiger partial charge in [0.25, 0.3) is 10.0 Å². The van der Waals surface area contributed by atoms with Crippen molar-refractivity contribution in [1.29, 1.82) is 0 Å². The van der Waals surface area contributed by atoms with Crippen LogP contribution in [-0.2, 0) is 10.0 Å². The van der Waals surface area contributed by atoms with Crippen LogP contribution in [-0.4, -0.2) is 21.6 Å². The van der Waals surface area contributed by atoms with Gasteiger partial charge >= 0.3 is 6.03 Å². The van der Waals surface area contributed by atoms with E-state index in [0.717, 1.165) is 0 Å². The second-order valence-corrected chi connectivity index (χ2v) is 7.49. The van der Waals surface area contributed by atoms with E-state index >= 15 is 0 Å². The quantitative estimate of drug-likeness (QED) is 0.582. The molecule has 0 saturated heterocycles. The molecule has 0 saturated carbocycles. The molecule has 0 aliphatic heterocycles. The Bertz CT molecular complexity index is 1050. The zero-order valence-corrected chi connectivity index (χ0v) is 15.9. The molecule has 2 amide bonds. The molecule has 0 fully saturated rings. The molecule has 3 aromatic carbocycles. The highest BCUT2D eigenvalue weighted by Crippen LogP contribution is 2.20.